The van der Waals surface area contributed by atoms with Gasteiger partial charge < -0.3 is 15.7 Å². The van der Waals surface area contributed by atoms with E-state index < -0.39 is 61.9 Å². The van der Waals surface area contributed by atoms with Crippen LogP contribution in [0.25, 0.3) is 0 Å². The van der Waals surface area contributed by atoms with Crippen LogP contribution < -0.4 is 10.6 Å². The van der Waals surface area contributed by atoms with Gasteiger partial charge in [-0.15, -0.1) is 0 Å². The van der Waals surface area contributed by atoms with E-state index in [1.807, 2.05) is 6.07 Å². The number of hydrogen-bond donors (Lipinski definition) is 3. The lowest BCUT2D eigenvalue weighted by Gasteiger charge is -2.38. The van der Waals surface area contributed by atoms with Crippen molar-refractivity contribution in [3.05, 3.63) is 45.4 Å². The predicted octanol–water partition coefficient (Wildman–Crippen LogP) is 4.49. The van der Waals surface area contributed by atoms with Gasteiger partial charge in [0, 0.05) is 18.5 Å². The molecule has 1 aromatic carbocycles. The first kappa shape index (κ1) is 32.5. The van der Waals surface area contributed by atoms with E-state index >= 15 is 0 Å². The van der Waals surface area contributed by atoms with Crippen molar-refractivity contribution in [3.8, 4) is 0 Å². The summed E-state index contributed by atoms with van der Waals surface area (Å²) in [6, 6.07) is 4.40. The lowest BCUT2D eigenvalue weighted by atomic mass is 9.80. The van der Waals surface area contributed by atoms with Crippen LogP contribution in [0.4, 0.5) is 0 Å². The summed E-state index contributed by atoms with van der Waals surface area (Å²) in [5, 5.41) is 15.1. The average Bonchev–Trinajstić information content (AvgIpc) is 2.98. The first-order valence-electron chi connectivity index (χ1n) is 15.1. The van der Waals surface area contributed by atoms with Crippen LogP contribution in [0.3, 0.4) is 0 Å². The van der Waals surface area contributed by atoms with Crippen molar-refractivity contribution < 1.29 is 28.8 Å². The molecule has 5 unspecified atom stereocenters. The minimum absolute atomic E-state index is 0.325. The van der Waals surface area contributed by atoms with Crippen LogP contribution in [0.5, 0.6) is 0 Å². The molecule has 0 spiro atoms. The van der Waals surface area contributed by atoms with E-state index in [1.54, 1.807) is 32.1 Å². The fourth-order valence-electron chi connectivity index (χ4n) is 6.27. The number of aliphatic hydroxyl groups excluding tert-OH is 1. The number of carbonyl (C=O) groups is 4. The summed E-state index contributed by atoms with van der Waals surface area (Å²) in [6.45, 7) is 3.29. The normalized spacial score (nSPS) is 24.4. The third-order valence-corrected chi connectivity index (χ3v) is 10.3. The molecule has 228 valence electrons. The molecule has 3 aliphatic rings. The van der Waals surface area contributed by atoms with Crippen molar-refractivity contribution in [2.24, 2.45) is 5.92 Å². The molecule has 0 saturated carbocycles. The fraction of sp³-hybridized carbons (Fsp3) is 0.613. The number of hydrogen-bond acceptors (Lipinski definition) is 6. The van der Waals surface area contributed by atoms with E-state index in [4.69, 9.17) is 0 Å². The van der Waals surface area contributed by atoms with Gasteiger partial charge in [-0.2, -0.15) is 0 Å². The maximum Gasteiger partial charge on any atom is 0.345 e. The Morgan fingerprint density at radius 3 is 2.45 bits per heavy atom. The molecule has 0 radical (unpaired) electrons. The van der Waals surface area contributed by atoms with Crippen LogP contribution in [0.15, 0.2) is 28.8 Å². The summed E-state index contributed by atoms with van der Waals surface area (Å²) in [4.78, 5) is 55.7. The molecule has 11 heteroatoms. The van der Waals surface area contributed by atoms with Gasteiger partial charge in [-0.25, -0.2) is 0 Å². The zero-order valence-corrected chi connectivity index (χ0v) is 27.0. The minimum Gasteiger partial charge on any atom is -0.387 e. The van der Waals surface area contributed by atoms with E-state index in [0.29, 0.717) is 30.5 Å². The largest absolute Gasteiger partial charge is 0.387 e. The summed E-state index contributed by atoms with van der Waals surface area (Å²) in [5.74, 6) is -3.53. The minimum atomic E-state index is -2.02. The summed E-state index contributed by atoms with van der Waals surface area (Å²) in [5.41, 5.74) is 1.87. The number of nitrogens with one attached hydrogen (secondary N) is 2. The molecule has 9 nitrogen and oxygen atoms in total. The average molecular weight is 664 g/mol. The Labute approximate surface area is 257 Å². The second-order valence-electron chi connectivity index (χ2n) is 12.1. The van der Waals surface area contributed by atoms with E-state index in [2.05, 4.69) is 26.6 Å². The Bertz CT molecular complexity index is 1250. The van der Waals surface area contributed by atoms with Crippen LogP contribution in [0.2, 0.25) is 0 Å². The molecule has 4 amide bonds. The van der Waals surface area contributed by atoms with Crippen molar-refractivity contribution in [3.63, 3.8) is 0 Å². The Hall–Kier alpha value is -2.42. The topological polar surface area (TPSA) is 133 Å². The first-order valence-corrected chi connectivity index (χ1v) is 16.8. The van der Waals surface area contributed by atoms with Gasteiger partial charge in [0.15, 0.2) is 0 Å². The number of nitrogens with zero attached hydrogens (tertiary/aromatic N) is 1. The zero-order chi connectivity index (χ0) is 30.4. The quantitative estimate of drug-likeness (QED) is 0.291. The van der Waals surface area contributed by atoms with E-state index in [9.17, 15) is 28.8 Å². The van der Waals surface area contributed by atoms with Crippen LogP contribution >= 0.6 is 24.4 Å². The Balaban J connectivity index is 1.65. The number of imide groups is 1. The lowest BCUT2D eigenvalue weighted by molar-refractivity contribution is -0.136. The second kappa shape index (κ2) is 14.4. The molecule has 3 N–H and O–H groups in total. The summed E-state index contributed by atoms with van der Waals surface area (Å²) >= 11 is 3.50. The second-order valence-corrected chi connectivity index (χ2v) is 14.2. The molecule has 1 saturated heterocycles. The number of rotatable bonds is 7. The van der Waals surface area contributed by atoms with E-state index in [1.165, 1.54) is 6.42 Å². The van der Waals surface area contributed by atoms with Gasteiger partial charge in [0.1, 0.15) is 12.1 Å². The molecule has 0 bridgehead atoms. The van der Waals surface area contributed by atoms with Crippen LogP contribution in [-0.2, 0) is 25.4 Å². The molecular formula is C31H42BrN3O6P+. The number of carbonyl (C=O) groups excluding carboxylic acids is 4. The molecule has 4 rings (SSSR count). The molecule has 5 atom stereocenters. The summed E-state index contributed by atoms with van der Waals surface area (Å²) in [6.07, 6.45) is 9.25. The highest BCUT2D eigenvalue weighted by atomic mass is 79.9. The summed E-state index contributed by atoms with van der Waals surface area (Å²) in [7, 11) is -1.38. The zero-order valence-electron chi connectivity index (χ0n) is 24.4. The van der Waals surface area contributed by atoms with Crippen molar-refractivity contribution in [1.29, 1.82) is 0 Å². The number of amides is 4. The first-order chi connectivity index (χ1) is 20.1. The highest BCUT2D eigenvalue weighted by Gasteiger charge is 2.59. The Kier molecular flexibility index (Phi) is 11.1. The van der Waals surface area contributed by atoms with Gasteiger partial charge in [0.25, 0.3) is 17.0 Å². The van der Waals surface area contributed by atoms with Gasteiger partial charge in [-0.3, -0.25) is 24.1 Å². The number of halogens is 1. The van der Waals surface area contributed by atoms with E-state index in [-0.39, 0.29) is 5.91 Å². The highest BCUT2D eigenvalue weighted by Crippen LogP contribution is 2.42. The molecule has 0 aromatic heterocycles. The standard InChI is InChI=1S/C31H41BrN3O6P/c1-19(2)26(36)31(42-41,30(40)34-24-14-9-7-5-3-4-6-8-10-15-33-27(24)37)18-35-28(38)22-13-11-12-20-16-21(32)17-23(25(20)22)29(35)39/h11-13,17,19,23-24,26,36H,3-10,14-16,18H2,1-2H3,(H,33,37)(H,34,40)/p+1. The van der Waals surface area contributed by atoms with Crippen molar-refractivity contribution in [2.75, 3.05) is 13.1 Å². The van der Waals surface area contributed by atoms with Gasteiger partial charge >= 0.3 is 8.46 Å². The predicted molar refractivity (Wildman–Crippen MR) is 165 cm³/mol. The van der Waals surface area contributed by atoms with Gasteiger partial charge in [-0.1, -0.05) is 97.5 Å². The molecule has 1 aromatic rings. The van der Waals surface area contributed by atoms with Crippen LogP contribution in [0.1, 0.15) is 99.0 Å². The highest BCUT2D eigenvalue weighted by molar-refractivity contribution is 9.11. The lowest BCUT2D eigenvalue weighted by Crippen LogP contribution is -2.63. The monoisotopic (exact) mass is 662 g/mol. The van der Waals surface area contributed by atoms with Crippen molar-refractivity contribution in [1.82, 2.24) is 15.5 Å². The van der Waals surface area contributed by atoms with Crippen molar-refractivity contribution in [2.45, 2.75) is 101 Å². The van der Waals surface area contributed by atoms with Crippen LogP contribution in [0, 0.1) is 5.92 Å². The Morgan fingerprint density at radius 1 is 1.12 bits per heavy atom. The van der Waals surface area contributed by atoms with Gasteiger partial charge in [0.05, 0.1) is 12.5 Å². The summed E-state index contributed by atoms with van der Waals surface area (Å²) < 4.78 is 13.9. The smallest absolute Gasteiger partial charge is 0.345 e. The molecule has 2 heterocycles. The maximum atomic E-state index is 14.1. The molecule has 2 aliphatic heterocycles. The Morgan fingerprint density at radius 2 is 1.79 bits per heavy atom. The number of benzene rings is 1. The van der Waals surface area contributed by atoms with Crippen molar-refractivity contribution >= 4 is 48.0 Å². The molecule has 42 heavy (non-hydrogen) atoms. The molecule has 1 aliphatic carbocycles. The number of aliphatic hydroxyl groups is 1. The third-order valence-electron chi connectivity index (χ3n) is 8.69. The SMILES string of the molecule is CC(C)C(O)C(CN1C(=O)c2cccc3c2C(C=C(Br)C3)C1=O)([PH+]=O)C(=O)NC1CCCCCCCCCCNC1=O. The van der Waals surface area contributed by atoms with Crippen LogP contribution in [-0.4, -0.2) is 64.0 Å². The van der Waals surface area contributed by atoms with E-state index in [0.717, 1.165) is 59.9 Å². The molecular weight excluding hydrogens is 621 g/mol. The van der Waals surface area contributed by atoms with Gasteiger partial charge in [-0.05, 0) is 40.4 Å². The maximum absolute atomic E-state index is 14.1. The molecule has 1 fully saturated rings. The van der Waals surface area contributed by atoms with Gasteiger partial charge in [0.2, 0.25) is 11.8 Å². The fourth-order valence-corrected chi connectivity index (χ4v) is 7.67. The third kappa shape index (κ3) is 6.87. The number of allylic oxidation sites excluding steroid dienone is 1.